The Morgan fingerprint density at radius 1 is 1.50 bits per heavy atom. The van der Waals surface area contributed by atoms with E-state index >= 15 is 0 Å². The first-order chi connectivity index (χ1) is 6.63. The molecule has 5 heteroatoms. The number of nitrogens with zero attached hydrogens (tertiary/aromatic N) is 4. The Labute approximate surface area is 80.8 Å². The highest BCUT2D eigenvalue weighted by Crippen LogP contribution is 2.15. The maximum Gasteiger partial charge on any atom is 0.160 e. The van der Waals surface area contributed by atoms with Crippen LogP contribution in [0.3, 0.4) is 0 Å². The number of nitriles is 1. The van der Waals surface area contributed by atoms with Crippen LogP contribution in [-0.4, -0.2) is 14.6 Å². The van der Waals surface area contributed by atoms with Crippen LogP contribution >= 0.6 is 0 Å². The molecule has 0 saturated heterocycles. The van der Waals surface area contributed by atoms with Gasteiger partial charge in [0.05, 0.1) is 11.9 Å². The van der Waals surface area contributed by atoms with Crippen LogP contribution in [-0.2, 0) is 0 Å². The maximum absolute atomic E-state index is 8.74. The standard InChI is InChI=1S/C9H9N5/c1-5-6(2)13-14-4-7(3-10)8(11)12-9(5)14/h4H,1-2H3,(H2,11,12). The normalized spacial score (nSPS) is 10.4. The molecule has 2 rings (SSSR count). The van der Waals surface area contributed by atoms with Gasteiger partial charge in [-0.3, -0.25) is 0 Å². The summed E-state index contributed by atoms with van der Waals surface area (Å²) < 4.78 is 1.58. The van der Waals surface area contributed by atoms with E-state index in [0.717, 1.165) is 11.3 Å². The number of anilines is 1. The lowest BCUT2D eigenvalue weighted by molar-refractivity contribution is 0.915. The van der Waals surface area contributed by atoms with E-state index in [9.17, 15) is 0 Å². The average molecular weight is 187 g/mol. The number of hydrogen-bond donors (Lipinski definition) is 1. The second-order valence-corrected chi connectivity index (χ2v) is 3.13. The fourth-order valence-electron chi connectivity index (χ4n) is 1.29. The zero-order valence-electron chi connectivity index (χ0n) is 7.94. The molecule has 2 heterocycles. The zero-order valence-corrected chi connectivity index (χ0v) is 7.94. The minimum Gasteiger partial charge on any atom is -0.382 e. The molecule has 0 aromatic carbocycles. The molecule has 14 heavy (non-hydrogen) atoms. The Morgan fingerprint density at radius 2 is 2.21 bits per heavy atom. The molecule has 0 amide bonds. The first-order valence-corrected chi connectivity index (χ1v) is 4.15. The largest absolute Gasteiger partial charge is 0.382 e. The van der Waals surface area contributed by atoms with Gasteiger partial charge in [0.2, 0.25) is 0 Å². The number of aryl methyl sites for hydroxylation is 2. The van der Waals surface area contributed by atoms with Gasteiger partial charge in [0.15, 0.2) is 5.65 Å². The third-order valence-corrected chi connectivity index (χ3v) is 2.23. The Hall–Kier alpha value is -2.09. The number of hydrogen-bond acceptors (Lipinski definition) is 4. The first-order valence-electron chi connectivity index (χ1n) is 4.15. The Bertz CT molecular complexity index is 546. The molecule has 0 radical (unpaired) electrons. The number of rotatable bonds is 0. The minimum absolute atomic E-state index is 0.253. The Kier molecular flexibility index (Phi) is 1.64. The molecule has 2 aromatic heterocycles. The second kappa shape index (κ2) is 2.70. The number of nitrogen functional groups attached to an aromatic ring is 1. The third kappa shape index (κ3) is 1.01. The van der Waals surface area contributed by atoms with Crippen molar-refractivity contribution in [2.45, 2.75) is 13.8 Å². The monoisotopic (exact) mass is 187 g/mol. The second-order valence-electron chi connectivity index (χ2n) is 3.13. The molecular formula is C9H9N5. The van der Waals surface area contributed by atoms with Crippen LogP contribution < -0.4 is 5.73 Å². The first kappa shape index (κ1) is 8.51. The van der Waals surface area contributed by atoms with Gasteiger partial charge in [-0.05, 0) is 13.8 Å². The van der Waals surface area contributed by atoms with Crippen molar-refractivity contribution in [3.8, 4) is 6.07 Å². The van der Waals surface area contributed by atoms with E-state index in [2.05, 4.69) is 10.1 Å². The third-order valence-electron chi connectivity index (χ3n) is 2.23. The summed E-state index contributed by atoms with van der Waals surface area (Å²) in [7, 11) is 0. The fraction of sp³-hybridized carbons (Fsp3) is 0.222. The number of nitrogens with two attached hydrogens (primary N) is 1. The van der Waals surface area contributed by atoms with Gasteiger partial charge in [-0.2, -0.15) is 10.4 Å². The van der Waals surface area contributed by atoms with E-state index in [4.69, 9.17) is 11.0 Å². The van der Waals surface area contributed by atoms with Crippen molar-refractivity contribution >= 4 is 11.5 Å². The predicted molar refractivity (Wildman–Crippen MR) is 51.6 cm³/mol. The smallest absolute Gasteiger partial charge is 0.160 e. The molecule has 0 aliphatic rings. The van der Waals surface area contributed by atoms with Crippen molar-refractivity contribution in [1.82, 2.24) is 14.6 Å². The molecule has 0 atom stereocenters. The lowest BCUT2D eigenvalue weighted by Crippen LogP contribution is -1.99. The summed E-state index contributed by atoms with van der Waals surface area (Å²) in [6.45, 7) is 3.82. The molecule has 0 saturated carbocycles. The fourth-order valence-corrected chi connectivity index (χ4v) is 1.29. The topological polar surface area (TPSA) is 80.0 Å². The highest BCUT2D eigenvalue weighted by Gasteiger charge is 2.09. The summed E-state index contributed by atoms with van der Waals surface area (Å²) in [5.41, 5.74) is 8.54. The molecule has 0 spiro atoms. The van der Waals surface area contributed by atoms with Gasteiger partial charge < -0.3 is 5.73 Å². The number of fused-ring (bicyclic) bond motifs is 1. The van der Waals surface area contributed by atoms with E-state index in [0.29, 0.717) is 11.2 Å². The Morgan fingerprint density at radius 3 is 2.86 bits per heavy atom. The molecule has 0 bridgehead atoms. The summed E-state index contributed by atoms with van der Waals surface area (Å²) in [6, 6.07) is 1.97. The quantitative estimate of drug-likeness (QED) is 0.661. The highest BCUT2D eigenvalue weighted by molar-refractivity contribution is 5.57. The summed E-state index contributed by atoms with van der Waals surface area (Å²) in [4.78, 5) is 4.12. The maximum atomic E-state index is 8.74. The molecule has 2 N–H and O–H groups in total. The van der Waals surface area contributed by atoms with Crippen LogP contribution in [0.4, 0.5) is 5.82 Å². The molecule has 0 aliphatic heterocycles. The molecule has 0 aliphatic carbocycles. The van der Waals surface area contributed by atoms with Crippen molar-refractivity contribution < 1.29 is 0 Å². The number of aromatic nitrogens is 3. The van der Waals surface area contributed by atoms with Crippen molar-refractivity contribution in [3.05, 3.63) is 23.0 Å². The van der Waals surface area contributed by atoms with Gasteiger partial charge in [-0.25, -0.2) is 9.50 Å². The lowest BCUT2D eigenvalue weighted by atomic mass is 10.3. The SMILES string of the molecule is Cc1nn2cc(C#N)c(N)nc2c1C. The van der Waals surface area contributed by atoms with Crippen molar-refractivity contribution in [1.29, 1.82) is 5.26 Å². The van der Waals surface area contributed by atoms with E-state index in [-0.39, 0.29) is 5.82 Å². The molecule has 2 aromatic rings. The van der Waals surface area contributed by atoms with E-state index < -0.39 is 0 Å². The van der Waals surface area contributed by atoms with Crippen molar-refractivity contribution in [2.24, 2.45) is 0 Å². The van der Waals surface area contributed by atoms with Crippen LogP contribution in [0.2, 0.25) is 0 Å². The van der Waals surface area contributed by atoms with Crippen LogP contribution in [0.5, 0.6) is 0 Å². The zero-order chi connectivity index (χ0) is 10.3. The van der Waals surface area contributed by atoms with Crippen LogP contribution in [0.1, 0.15) is 16.8 Å². The summed E-state index contributed by atoms with van der Waals surface area (Å²) >= 11 is 0. The molecule has 0 unspecified atom stereocenters. The average Bonchev–Trinajstić information content (AvgIpc) is 2.43. The summed E-state index contributed by atoms with van der Waals surface area (Å²) in [5, 5.41) is 13.0. The lowest BCUT2D eigenvalue weighted by Gasteiger charge is -1.97. The predicted octanol–water partition coefficient (Wildman–Crippen LogP) is 0.800. The van der Waals surface area contributed by atoms with E-state index in [1.54, 1.807) is 10.7 Å². The van der Waals surface area contributed by atoms with Crippen molar-refractivity contribution in [3.63, 3.8) is 0 Å². The molecule has 5 nitrogen and oxygen atoms in total. The van der Waals surface area contributed by atoms with Gasteiger partial charge in [-0.1, -0.05) is 0 Å². The highest BCUT2D eigenvalue weighted by atomic mass is 15.3. The van der Waals surface area contributed by atoms with Gasteiger partial charge in [-0.15, -0.1) is 0 Å². The van der Waals surface area contributed by atoms with Crippen LogP contribution in [0, 0.1) is 25.2 Å². The van der Waals surface area contributed by atoms with Crippen LogP contribution in [0.15, 0.2) is 6.20 Å². The van der Waals surface area contributed by atoms with Gasteiger partial charge in [0.1, 0.15) is 17.5 Å². The van der Waals surface area contributed by atoms with Crippen molar-refractivity contribution in [2.75, 3.05) is 5.73 Å². The van der Waals surface area contributed by atoms with Gasteiger partial charge >= 0.3 is 0 Å². The van der Waals surface area contributed by atoms with E-state index in [1.807, 2.05) is 19.9 Å². The van der Waals surface area contributed by atoms with Crippen LogP contribution in [0.25, 0.3) is 5.65 Å². The molecule has 70 valence electrons. The summed E-state index contributed by atoms with van der Waals surface area (Å²) in [6.07, 6.45) is 1.59. The minimum atomic E-state index is 0.253. The summed E-state index contributed by atoms with van der Waals surface area (Å²) in [5.74, 6) is 0.253. The Balaban J connectivity index is 2.88. The molecule has 0 fully saturated rings. The van der Waals surface area contributed by atoms with Gasteiger partial charge in [0.25, 0.3) is 0 Å². The molecular weight excluding hydrogens is 178 g/mol. The van der Waals surface area contributed by atoms with Gasteiger partial charge in [0, 0.05) is 5.56 Å². The van der Waals surface area contributed by atoms with E-state index in [1.165, 1.54) is 0 Å².